The molecule has 5 nitrogen and oxygen atoms in total. The Morgan fingerprint density at radius 1 is 1.04 bits per heavy atom. The van der Waals surface area contributed by atoms with Crippen molar-refractivity contribution in [3.05, 3.63) is 75.4 Å². The molecule has 0 aromatic heterocycles. The number of halogens is 1. The van der Waals surface area contributed by atoms with Crippen molar-refractivity contribution in [1.82, 2.24) is 9.80 Å². The molecule has 2 aromatic rings. The van der Waals surface area contributed by atoms with E-state index >= 15 is 0 Å². The van der Waals surface area contributed by atoms with Crippen molar-refractivity contribution in [2.75, 3.05) is 20.2 Å². The van der Waals surface area contributed by atoms with Crippen molar-refractivity contribution in [1.29, 1.82) is 0 Å². The number of aliphatic hydroxyl groups excluding tert-OH is 1. The van der Waals surface area contributed by atoms with Crippen LogP contribution >= 0.6 is 11.6 Å². The lowest BCUT2D eigenvalue weighted by atomic mass is 9.99. The molecule has 2 amide bonds. The Morgan fingerprint density at radius 2 is 1.75 bits per heavy atom. The quantitative estimate of drug-likeness (QED) is 0.759. The summed E-state index contributed by atoms with van der Waals surface area (Å²) in [5, 5.41) is 9.84. The zero-order valence-electron chi connectivity index (χ0n) is 16.2. The molecular formula is C22H23ClN2O3. The van der Waals surface area contributed by atoms with Crippen LogP contribution in [0.15, 0.2) is 48.2 Å². The third-order valence-corrected chi connectivity index (χ3v) is 5.41. The number of hydrogen-bond acceptors (Lipinski definition) is 4. The topological polar surface area (TPSA) is 60.9 Å². The Morgan fingerprint density at radius 3 is 2.39 bits per heavy atom. The van der Waals surface area contributed by atoms with Crippen molar-refractivity contribution >= 4 is 29.0 Å². The van der Waals surface area contributed by atoms with Gasteiger partial charge in [0.05, 0.1) is 18.7 Å². The minimum Gasteiger partial charge on any atom is -0.395 e. The number of nitrogens with zero attached hydrogens (tertiary/aromatic N) is 2. The molecule has 0 saturated heterocycles. The first-order valence-electron chi connectivity index (χ1n) is 9.08. The van der Waals surface area contributed by atoms with E-state index in [1.165, 1.54) is 4.90 Å². The van der Waals surface area contributed by atoms with Crippen LogP contribution in [0.2, 0.25) is 5.02 Å². The lowest BCUT2D eigenvalue weighted by Gasteiger charge is -2.20. The number of carbonyl (C=O) groups is 2. The molecule has 0 bridgehead atoms. The maximum Gasteiger partial charge on any atom is 0.278 e. The summed E-state index contributed by atoms with van der Waals surface area (Å²) >= 11 is 6.23. The molecule has 28 heavy (non-hydrogen) atoms. The van der Waals surface area contributed by atoms with Gasteiger partial charge in [-0.3, -0.25) is 14.5 Å². The standard InChI is InChI=1S/C22H23ClN2O3/c1-14-8-9-16(12-15(14)2)19-20(24(3)10-11-26)22(28)25(21(19)27)13-17-6-4-5-7-18(17)23/h4-9,12,26H,10-11,13H2,1-3H3. The van der Waals surface area contributed by atoms with E-state index in [1.807, 2.05) is 38.1 Å². The number of amides is 2. The number of imide groups is 1. The van der Waals surface area contributed by atoms with Crippen LogP contribution in [0.3, 0.4) is 0 Å². The molecule has 3 rings (SSSR count). The summed E-state index contributed by atoms with van der Waals surface area (Å²) < 4.78 is 0. The number of hydrogen-bond donors (Lipinski definition) is 1. The largest absolute Gasteiger partial charge is 0.395 e. The third-order valence-electron chi connectivity index (χ3n) is 5.04. The van der Waals surface area contributed by atoms with Crippen molar-refractivity contribution in [3.63, 3.8) is 0 Å². The van der Waals surface area contributed by atoms with Gasteiger partial charge in [-0.15, -0.1) is 0 Å². The zero-order chi connectivity index (χ0) is 20.4. The smallest absolute Gasteiger partial charge is 0.278 e. The van der Waals surface area contributed by atoms with Crippen LogP contribution in [-0.4, -0.2) is 46.9 Å². The molecule has 146 valence electrons. The molecule has 0 spiro atoms. The van der Waals surface area contributed by atoms with Gasteiger partial charge in [0, 0.05) is 18.6 Å². The van der Waals surface area contributed by atoms with Crippen LogP contribution in [0.4, 0.5) is 0 Å². The van der Waals surface area contributed by atoms with E-state index in [-0.39, 0.29) is 31.5 Å². The number of likely N-dealkylation sites (N-methyl/N-ethyl adjacent to an activating group) is 1. The van der Waals surface area contributed by atoms with E-state index in [4.69, 9.17) is 11.6 Å². The molecular weight excluding hydrogens is 376 g/mol. The summed E-state index contributed by atoms with van der Waals surface area (Å²) in [7, 11) is 1.71. The molecule has 0 radical (unpaired) electrons. The van der Waals surface area contributed by atoms with E-state index in [0.29, 0.717) is 27.4 Å². The summed E-state index contributed by atoms with van der Waals surface area (Å²) in [4.78, 5) is 29.3. The van der Waals surface area contributed by atoms with Gasteiger partial charge in [-0.25, -0.2) is 0 Å². The lowest BCUT2D eigenvalue weighted by Crippen LogP contribution is -2.34. The second-order valence-electron chi connectivity index (χ2n) is 6.96. The molecule has 0 saturated carbocycles. The SMILES string of the molecule is Cc1ccc(C2=C(N(C)CCO)C(=O)N(Cc3ccccc3Cl)C2=O)cc1C. The molecule has 6 heteroatoms. The minimum atomic E-state index is -0.380. The van der Waals surface area contributed by atoms with Gasteiger partial charge in [0.1, 0.15) is 5.70 Å². The van der Waals surface area contributed by atoms with Gasteiger partial charge >= 0.3 is 0 Å². The summed E-state index contributed by atoms with van der Waals surface area (Å²) in [5.74, 6) is -0.734. The summed E-state index contributed by atoms with van der Waals surface area (Å²) in [5.41, 5.74) is 4.21. The first kappa shape index (κ1) is 20.1. The summed E-state index contributed by atoms with van der Waals surface area (Å²) in [6.45, 7) is 4.20. The second-order valence-corrected chi connectivity index (χ2v) is 7.36. The zero-order valence-corrected chi connectivity index (χ0v) is 17.0. The van der Waals surface area contributed by atoms with E-state index < -0.39 is 0 Å². The fourth-order valence-electron chi connectivity index (χ4n) is 3.28. The highest BCUT2D eigenvalue weighted by Gasteiger charge is 2.40. The number of carbonyl (C=O) groups excluding carboxylic acids is 2. The Kier molecular flexibility index (Phi) is 5.87. The average Bonchev–Trinajstić information content (AvgIpc) is 2.90. The van der Waals surface area contributed by atoms with Gasteiger partial charge in [-0.2, -0.15) is 0 Å². The highest BCUT2D eigenvalue weighted by Crippen LogP contribution is 2.33. The maximum absolute atomic E-state index is 13.3. The van der Waals surface area contributed by atoms with Crippen molar-refractivity contribution in [2.24, 2.45) is 0 Å². The molecule has 1 N–H and O–H groups in total. The number of rotatable bonds is 6. The van der Waals surface area contributed by atoms with Crippen LogP contribution in [0.5, 0.6) is 0 Å². The first-order chi connectivity index (χ1) is 13.3. The average molecular weight is 399 g/mol. The predicted octanol–water partition coefficient (Wildman–Crippen LogP) is 3.16. The number of benzene rings is 2. The number of aliphatic hydroxyl groups is 1. The molecule has 2 aromatic carbocycles. The number of aryl methyl sites for hydroxylation is 2. The van der Waals surface area contributed by atoms with Gasteiger partial charge in [0.15, 0.2) is 0 Å². The normalized spacial score (nSPS) is 14.2. The van der Waals surface area contributed by atoms with Gasteiger partial charge in [0.2, 0.25) is 0 Å². The van der Waals surface area contributed by atoms with E-state index in [0.717, 1.165) is 11.1 Å². The lowest BCUT2D eigenvalue weighted by molar-refractivity contribution is -0.138. The minimum absolute atomic E-state index is 0.0994. The van der Waals surface area contributed by atoms with Gasteiger partial charge in [0.25, 0.3) is 11.8 Å². The molecule has 1 aliphatic rings. The molecule has 0 atom stereocenters. The molecule has 1 aliphatic heterocycles. The molecule has 0 aliphatic carbocycles. The van der Waals surface area contributed by atoms with Gasteiger partial charge in [-0.05, 0) is 42.2 Å². The maximum atomic E-state index is 13.3. The molecule has 0 fully saturated rings. The Bertz CT molecular complexity index is 968. The Hall–Kier alpha value is -2.63. The van der Waals surface area contributed by atoms with Crippen LogP contribution in [0.25, 0.3) is 5.57 Å². The van der Waals surface area contributed by atoms with E-state index in [1.54, 1.807) is 30.1 Å². The summed E-state index contributed by atoms with van der Waals surface area (Å²) in [6.07, 6.45) is 0. The predicted molar refractivity (Wildman–Crippen MR) is 110 cm³/mol. The van der Waals surface area contributed by atoms with Crippen molar-refractivity contribution < 1.29 is 14.7 Å². The fourth-order valence-corrected chi connectivity index (χ4v) is 3.47. The molecule has 0 unspecified atom stereocenters. The highest BCUT2D eigenvalue weighted by atomic mass is 35.5. The van der Waals surface area contributed by atoms with Crippen LogP contribution in [0, 0.1) is 13.8 Å². The van der Waals surface area contributed by atoms with Crippen molar-refractivity contribution in [3.8, 4) is 0 Å². The second kappa shape index (κ2) is 8.17. The first-order valence-corrected chi connectivity index (χ1v) is 9.46. The van der Waals surface area contributed by atoms with Crippen LogP contribution < -0.4 is 0 Å². The monoisotopic (exact) mass is 398 g/mol. The fraction of sp³-hybridized carbons (Fsp3) is 0.273. The summed E-state index contributed by atoms with van der Waals surface area (Å²) in [6, 6.07) is 12.9. The Balaban J connectivity index is 2.06. The third kappa shape index (κ3) is 3.68. The molecule has 1 heterocycles. The van der Waals surface area contributed by atoms with E-state index in [2.05, 4.69) is 0 Å². The van der Waals surface area contributed by atoms with E-state index in [9.17, 15) is 14.7 Å². The van der Waals surface area contributed by atoms with Gasteiger partial charge < -0.3 is 10.0 Å². The van der Waals surface area contributed by atoms with Crippen molar-refractivity contribution in [2.45, 2.75) is 20.4 Å². The highest BCUT2D eigenvalue weighted by molar-refractivity contribution is 6.35. The van der Waals surface area contributed by atoms with Gasteiger partial charge in [-0.1, -0.05) is 48.0 Å². The van der Waals surface area contributed by atoms with Crippen LogP contribution in [-0.2, 0) is 16.1 Å². The van der Waals surface area contributed by atoms with Crippen LogP contribution in [0.1, 0.15) is 22.3 Å². The Labute approximate surface area is 169 Å².